The van der Waals surface area contributed by atoms with Gasteiger partial charge in [-0.25, -0.2) is 4.39 Å². The summed E-state index contributed by atoms with van der Waals surface area (Å²) >= 11 is 0. The topological polar surface area (TPSA) is 38.7 Å². The van der Waals surface area contributed by atoms with E-state index in [1.807, 2.05) is 13.8 Å². The highest BCUT2D eigenvalue weighted by Gasteiger charge is 2.42. The molecule has 1 N–H and O–H groups in total. The van der Waals surface area contributed by atoms with Gasteiger partial charge in [-0.15, -0.1) is 0 Å². The maximum Gasteiger partial charge on any atom is 0.132 e. The van der Waals surface area contributed by atoms with Crippen molar-refractivity contribution >= 4 is 0 Å². The van der Waals surface area contributed by atoms with Crippen molar-refractivity contribution in [2.75, 3.05) is 13.7 Å². The second-order valence-electron chi connectivity index (χ2n) is 5.41. The molecule has 1 aliphatic rings. The third kappa shape index (κ3) is 2.49. The van der Waals surface area contributed by atoms with E-state index in [0.29, 0.717) is 30.8 Å². The zero-order valence-electron chi connectivity index (χ0n) is 11.0. The van der Waals surface area contributed by atoms with Crippen LogP contribution in [0.25, 0.3) is 0 Å². The van der Waals surface area contributed by atoms with Crippen LogP contribution in [0.5, 0.6) is 5.75 Å². The maximum atomic E-state index is 14.0. The van der Waals surface area contributed by atoms with Crippen molar-refractivity contribution in [3.8, 4) is 5.75 Å². The van der Waals surface area contributed by atoms with Gasteiger partial charge in [0.15, 0.2) is 0 Å². The second kappa shape index (κ2) is 4.52. The molecule has 2 rings (SSSR count). The summed E-state index contributed by atoms with van der Waals surface area (Å²) in [5, 5.41) is 10.7. The second-order valence-corrected chi connectivity index (χ2v) is 5.41. The zero-order valence-corrected chi connectivity index (χ0v) is 11.0. The van der Waals surface area contributed by atoms with Crippen LogP contribution in [0.4, 0.5) is 4.39 Å². The summed E-state index contributed by atoms with van der Waals surface area (Å²) in [5.74, 6) is 0.0146. The maximum absolute atomic E-state index is 14.0. The quantitative estimate of drug-likeness (QED) is 0.881. The van der Waals surface area contributed by atoms with Crippen LogP contribution in [0.1, 0.15) is 32.3 Å². The summed E-state index contributed by atoms with van der Waals surface area (Å²) in [7, 11) is 1.49. The highest BCUT2D eigenvalue weighted by atomic mass is 19.1. The Morgan fingerprint density at radius 1 is 1.39 bits per heavy atom. The number of rotatable bonds is 2. The minimum atomic E-state index is -1.17. The summed E-state index contributed by atoms with van der Waals surface area (Å²) in [6.45, 7) is 4.23. The fourth-order valence-electron chi connectivity index (χ4n) is 2.57. The van der Waals surface area contributed by atoms with E-state index in [2.05, 4.69) is 0 Å². The van der Waals surface area contributed by atoms with Gasteiger partial charge < -0.3 is 14.6 Å². The molecule has 1 atom stereocenters. The highest BCUT2D eigenvalue weighted by Crippen LogP contribution is 2.40. The van der Waals surface area contributed by atoms with Crippen molar-refractivity contribution in [1.29, 1.82) is 0 Å². The van der Waals surface area contributed by atoms with Gasteiger partial charge in [0.2, 0.25) is 0 Å². The lowest BCUT2D eigenvalue weighted by atomic mass is 9.79. The van der Waals surface area contributed by atoms with Gasteiger partial charge in [-0.05, 0) is 26.0 Å². The first-order chi connectivity index (χ1) is 8.36. The Kier molecular flexibility index (Phi) is 3.34. The lowest BCUT2D eigenvalue weighted by Crippen LogP contribution is -2.44. The fourth-order valence-corrected chi connectivity index (χ4v) is 2.57. The molecule has 0 aromatic heterocycles. The number of hydrogen-bond donors (Lipinski definition) is 1. The normalized spacial score (nSPS) is 26.9. The standard InChI is InChI=1S/C14H19FO3/c1-13(2)9-14(16,6-7-18-13)11-5-4-10(17-3)8-12(11)15/h4-5,8,16H,6-7,9H2,1-3H3. The van der Waals surface area contributed by atoms with Gasteiger partial charge >= 0.3 is 0 Å². The molecule has 0 amide bonds. The van der Waals surface area contributed by atoms with E-state index in [9.17, 15) is 9.50 Å². The molecule has 1 unspecified atom stereocenters. The SMILES string of the molecule is COc1ccc(C2(O)CCOC(C)(C)C2)c(F)c1. The molecule has 18 heavy (non-hydrogen) atoms. The van der Waals surface area contributed by atoms with Crippen molar-refractivity contribution in [3.05, 3.63) is 29.6 Å². The molecule has 4 heteroatoms. The number of methoxy groups -OCH3 is 1. The molecule has 1 heterocycles. The number of ether oxygens (including phenoxy) is 2. The third-order valence-corrected chi connectivity index (χ3v) is 3.40. The Balaban J connectivity index is 2.35. The van der Waals surface area contributed by atoms with Crippen molar-refractivity contribution in [3.63, 3.8) is 0 Å². The van der Waals surface area contributed by atoms with E-state index < -0.39 is 17.0 Å². The lowest BCUT2D eigenvalue weighted by Gasteiger charge is -2.41. The van der Waals surface area contributed by atoms with Gasteiger partial charge in [0.05, 0.1) is 24.9 Å². The molecule has 1 aromatic rings. The lowest BCUT2D eigenvalue weighted by molar-refractivity contribution is -0.149. The van der Waals surface area contributed by atoms with Crippen LogP contribution < -0.4 is 4.74 Å². The Morgan fingerprint density at radius 2 is 2.11 bits per heavy atom. The van der Waals surface area contributed by atoms with Gasteiger partial charge in [0, 0.05) is 24.5 Å². The Hall–Kier alpha value is -1.13. The number of benzene rings is 1. The Bertz CT molecular complexity index is 445. The van der Waals surface area contributed by atoms with Crippen LogP contribution in [-0.4, -0.2) is 24.4 Å². The number of hydrogen-bond acceptors (Lipinski definition) is 3. The van der Waals surface area contributed by atoms with Crippen molar-refractivity contribution in [2.24, 2.45) is 0 Å². The van der Waals surface area contributed by atoms with Gasteiger partial charge in [-0.2, -0.15) is 0 Å². The average molecular weight is 254 g/mol. The molecule has 1 fully saturated rings. The first-order valence-corrected chi connectivity index (χ1v) is 6.07. The van der Waals surface area contributed by atoms with Crippen molar-refractivity contribution < 1.29 is 19.0 Å². The van der Waals surface area contributed by atoms with Crippen LogP contribution in [0.15, 0.2) is 18.2 Å². The number of aliphatic hydroxyl groups is 1. The van der Waals surface area contributed by atoms with E-state index in [0.717, 1.165) is 0 Å². The van der Waals surface area contributed by atoms with E-state index in [-0.39, 0.29) is 0 Å². The van der Waals surface area contributed by atoms with Crippen LogP contribution in [0.2, 0.25) is 0 Å². The molecule has 1 saturated heterocycles. The predicted molar refractivity (Wildman–Crippen MR) is 66.1 cm³/mol. The average Bonchev–Trinajstić information content (AvgIpc) is 2.26. The van der Waals surface area contributed by atoms with Gasteiger partial charge in [-0.1, -0.05) is 0 Å². The molecule has 0 saturated carbocycles. The van der Waals surface area contributed by atoms with Crippen molar-refractivity contribution in [2.45, 2.75) is 37.9 Å². The Labute approximate surface area is 107 Å². The van der Waals surface area contributed by atoms with Crippen LogP contribution in [0.3, 0.4) is 0 Å². The van der Waals surface area contributed by atoms with E-state index in [1.54, 1.807) is 12.1 Å². The van der Waals surface area contributed by atoms with Crippen LogP contribution >= 0.6 is 0 Å². The molecular formula is C14H19FO3. The largest absolute Gasteiger partial charge is 0.497 e. The van der Waals surface area contributed by atoms with E-state index in [4.69, 9.17) is 9.47 Å². The third-order valence-electron chi connectivity index (χ3n) is 3.40. The molecule has 0 spiro atoms. The molecule has 1 aliphatic heterocycles. The fraction of sp³-hybridized carbons (Fsp3) is 0.571. The molecule has 3 nitrogen and oxygen atoms in total. The smallest absolute Gasteiger partial charge is 0.132 e. The van der Waals surface area contributed by atoms with Crippen LogP contribution in [0, 0.1) is 5.82 Å². The van der Waals surface area contributed by atoms with Crippen molar-refractivity contribution in [1.82, 2.24) is 0 Å². The summed E-state index contributed by atoms with van der Waals surface area (Å²) in [4.78, 5) is 0. The molecule has 0 bridgehead atoms. The van der Waals surface area contributed by atoms with Gasteiger partial charge in [0.1, 0.15) is 11.6 Å². The first-order valence-electron chi connectivity index (χ1n) is 6.07. The molecular weight excluding hydrogens is 235 g/mol. The summed E-state index contributed by atoms with van der Waals surface area (Å²) in [5.41, 5.74) is -1.29. The van der Waals surface area contributed by atoms with E-state index >= 15 is 0 Å². The van der Waals surface area contributed by atoms with Gasteiger partial charge in [0.25, 0.3) is 0 Å². The zero-order chi connectivity index (χ0) is 13.4. The highest BCUT2D eigenvalue weighted by molar-refractivity contribution is 5.33. The summed E-state index contributed by atoms with van der Waals surface area (Å²) < 4.78 is 24.6. The first kappa shape index (κ1) is 13.3. The minimum absolute atomic E-state index is 0.319. The monoisotopic (exact) mass is 254 g/mol. The molecule has 0 aliphatic carbocycles. The number of halogens is 1. The minimum Gasteiger partial charge on any atom is -0.497 e. The summed E-state index contributed by atoms with van der Waals surface area (Å²) in [6, 6.07) is 4.56. The molecule has 1 aromatic carbocycles. The van der Waals surface area contributed by atoms with E-state index in [1.165, 1.54) is 13.2 Å². The summed E-state index contributed by atoms with van der Waals surface area (Å²) in [6.07, 6.45) is 0.781. The van der Waals surface area contributed by atoms with Crippen LogP contribution in [-0.2, 0) is 10.3 Å². The predicted octanol–water partition coefficient (Wildman–Crippen LogP) is 2.61. The van der Waals surface area contributed by atoms with Gasteiger partial charge in [-0.3, -0.25) is 0 Å². The Morgan fingerprint density at radius 3 is 2.67 bits per heavy atom. The molecule has 100 valence electrons. The molecule has 0 radical (unpaired) electrons.